The monoisotopic (exact) mass is 338 g/mol. The van der Waals surface area contributed by atoms with Gasteiger partial charge >= 0.3 is 0 Å². The van der Waals surface area contributed by atoms with Gasteiger partial charge in [0.1, 0.15) is 0 Å². The Bertz CT molecular complexity index is 699. The van der Waals surface area contributed by atoms with E-state index in [-0.39, 0.29) is 18.5 Å². The second-order valence-corrected chi connectivity index (χ2v) is 8.15. The van der Waals surface area contributed by atoms with Crippen molar-refractivity contribution in [2.45, 2.75) is 31.8 Å². The Morgan fingerprint density at radius 3 is 2.78 bits per heavy atom. The summed E-state index contributed by atoms with van der Waals surface area (Å²) in [7, 11) is -3.23. The lowest BCUT2D eigenvalue weighted by atomic mass is 9.97. The molecule has 0 atom stereocenters. The molecule has 0 unspecified atom stereocenters. The van der Waals surface area contributed by atoms with Gasteiger partial charge in [-0.25, -0.2) is 8.42 Å². The standard InChI is InChI=1S/C15H22N4O3S/c1-23(21,22)19-7-4-13-11(10-19)8-17-9-14(13)15(20)18-12-2-5-16-6-3-12/h8-9,12,16H,2-7,10H2,1H3,(H,18,20). The van der Waals surface area contributed by atoms with Crippen LogP contribution >= 0.6 is 0 Å². The first-order valence-electron chi connectivity index (χ1n) is 7.87. The van der Waals surface area contributed by atoms with E-state index in [0.29, 0.717) is 18.5 Å². The number of rotatable bonds is 3. The van der Waals surface area contributed by atoms with Crippen LogP contribution in [0.5, 0.6) is 0 Å². The molecule has 0 radical (unpaired) electrons. The van der Waals surface area contributed by atoms with Gasteiger partial charge in [-0.3, -0.25) is 9.78 Å². The molecule has 1 saturated heterocycles. The number of piperidine rings is 1. The lowest BCUT2D eigenvalue weighted by Gasteiger charge is -2.28. The molecule has 2 aliphatic heterocycles. The van der Waals surface area contributed by atoms with Crippen molar-refractivity contribution in [2.75, 3.05) is 25.9 Å². The first-order chi connectivity index (χ1) is 10.9. The van der Waals surface area contributed by atoms with E-state index in [1.165, 1.54) is 10.6 Å². The number of hydrogen-bond acceptors (Lipinski definition) is 5. The average Bonchev–Trinajstić information content (AvgIpc) is 2.54. The van der Waals surface area contributed by atoms with E-state index in [0.717, 1.165) is 37.1 Å². The number of hydrogen-bond donors (Lipinski definition) is 2. The molecular weight excluding hydrogens is 316 g/mol. The molecule has 0 aliphatic carbocycles. The number of amides is 1. The van der Waals surface area contributed by atoms with Crippen LogP contribution in [0.2, 0.25) is 0 Å². The van der Waals surface area contributed by atoms with Crippen LogP contribution in [0.3, 0.4) is 0 Å². The Kier molecular flexibility index (Phi) is 4.65. The SMILES string of the molecule is CS(=O)(=O)N1CCc2c(cncc2C(=O)NC2CCNCC2)C1. The van der Waals surface area contributed by atoms with Gasteiger partial charge in [0.15, 0.2) is 0 Å². The molecule has 0 spiro atoms. The van der Waals surface area contributed by atoms with Crippen molar-refractivity contribution in [3.63, 3.8) is 0 Å². The minimum Gasteiger partial charge on any atom is -0.349 e. The fraction of sp³-hybridized carbons (Fsp3) is 0.600. The number of carbonyl (C=O) groups is 1. The van der Waals surface area contributed by atoms with Crippen molar-refractivity contribution >= 4 is 15.9 Å². The molecule has 3 rings (SSSR count). The summed E-state index contributed by atoms with van der Waals surface area (Å²) in [6.45, 7) is 2.53. The van der Waals surface area contributed by atoms with Gasteiger partial charge in [0, 0.05) is 31.5 Å². The first kappa shape index (κ1) is 16.4. The topological polar surface area (TPSA) is 91.4 Å². The number of carbonyl (C=O) groups excluding carboxylic acids is 1. The van der Waals surface area contributed by atoms with E-state index in [1.54, 1.807) is 12.4 Å². The lowest BCUT2D eigenvalue weighted by Crippen LogP contribution is -2.43. The van der Waals surface area contributed by atoms with Crippen LogP contribution in [0.25, 0.3) is 0 Å². The number of pyridine rings is 1. The molecule has 3 heterocycles. The zero-order valence-corrected chi connectivity index (χ0v) is 14.0. The maximum absolute atomic E-state index is 12.6. The van der Waals surface area contributed by atoms with Crippen LogP contribution in [0.15, 0.2) is 12.4 Å². The fourth-order valence-corrected chi connectivity index (χ4v) is 3.97. The van der Waals surface area contributed by atoms with Gasteiger partial charge < -0.3 is 10.6 Å². The Morgan fingerprint density at radius 1 is 1.35 bits per heavy atom. The first-order valence-corrected chi connectivity index (χ1v) is 9.72. The van der Waals surface area contributed by atoms with E-state index < -0.39 is 10.0 Å². The predicted molar refractivity (Wildman–Crippen MR) is 86.6 cm³/mol. The molecule has 1 aromatic rings. The second-order valence-electron chi connectivity index (χ2n) is 6.17. The highest BCUT2D eigenvalue weighted by Gasteiger charge is 2.27. The van der Waals surface area contributed by atoms with Crippen LogP contribution in [0.1, 0.15) is 34.3 Å². The normalized spacial score (nSPS) is 20.0. The molecule has 0 saturated carbocycles. The highest BCUT2D eigenvalue weighted by atomic mass is 32.2. The molecule has 8 heteroatoms. The molecular formula is C15H22N4O3S. The van der Waals surface area contributed by atoms with Gasteiger partial charge in [0.05, 0.1) is 11.8 Å². The number of nitrogens with one attached hydrogen (secondary N) is 2. The van der Waals surface area contributed by atoms with E-state index in [9.17, 15) is 13.2 Å². The molecule has 2 N–H and O–H groups in total. The third kappa shape index (κ3) is 3.70. The zero-order valence-electron chi connectivity index (χ0n) is 13.2. The minimum absolute atomic E-state index is 0.103. The van der Waals surface area contributed by atoms with E-state index >= 15 is 0 Å². The molecule has 2 aliphatic rings. The third-order valence-corrected chi connectivity index (χ3v) is 5.74. The quantitative estimate of drug-likeness (QED) is 0.802. The van der Waals surface area contributed by atoms with Gasteiger partial charge in [-0.15, -0.1) is 0 Å². The number of sulfonamides is 1. The third-order valence-electron chi connectivity index (χ3n) is 4.49. The van der Waals surface area contributed by atoms with Crippen molar-refractivity contribution in [1.82, 2.24) is 19.9 Å². The minimum atomic E-state index is -3.23. The van der Waals surface area contributed by atoms with E-state index in [2.05, 4.69) is 15.6 Å². The van der Waals surface area contributed by atoms with Gasteiger partial charge in [0.2, 0.25) is 10.0 Å². The summed E-state index contributed by atoms with van der Waals surface area (Å²) in [5.41, 5.74) is 2.32. The maximum atomic E-state index is 12.6. The van der Waals surface area contributed by atoms with Crippen LogP contribution in [-0.4, -0.2) is 55.5 Å². The Morgan fingerprint density at radius 2 is 2.09 bits per heavy atom. The molecule has 7 nitrogen and oxygen atoms in total. The Hall–Kier alpha value is -1.51. The van der Waals surface area contributed by atoms with Crippen molar-refractivity contribution in [2.24, 2.45) is 0 Å². The maximum Gasteiger partial charge on any atom is 0.253 e. The molecule has 126 valence electrons. The van der Waals surface area contributed by atoms with Crippen molar-refractivity contribution in [3.8, 4) is 0 Å². The summed E-state index contributed by atoms with van der Waals surface area (Å²) in [6, 6.07) is 0.190. The molecule has 0 aromatic carbocycles. The fourth-order valence-electron chi connectivity index (χ4n) is 3.18. The van der Waals surface area contributed by atoms with Crippen LogP contribution in [0.4, 0.5) is 0 Å². The van der Waals surface area contributed by atoms with Crippen molar-refractivity contribution in [1.29, 1.82) is 0 Å². The summed E-state index contributed by atoms with van der Waals surface area (Å²) >= 11 is 0. The lowest BCUT2D eigenvalue weighted by molar-refractivity contribution is 0.0927. The Labute approximate surface area is 136 Å². The molecule has 1 aromatic heterocycles. The van der Waals surface area contributed by atoms with E-state index in [4.69, 9.17) is 0 Å². The summed E-state index contributed by atoms with van der Waals surface area (Å²) in [4.78, 5) is 16.7. The summed E-state index contributed by atoms with van der Waals surface area (Å²) in [6.07, 6.45) is 6.85. The van der Waals surface area contributed by atoms with E-state index in [1.807, 2.05) is 0 Å². The highest BCUT2D eigenvalue weighted by Crippen LogP contribution is 2.23. The largest absolute Gasteiger partial charge is 0.349 e. The Balaban J connectivity index is 1.78. The summed E-state index contributed by atoms with van der Waals surface area (Å²) in [5, 5.41) is 6.35. The smallest absolute Gasteiger partial charge is 0.253 e. The van der Waals surface area contributed by atoms with Gasteiger partial charge in [0.25, 0.3) is 5.91 Å². The van der Waals surface area contributed by atoms with Crippen LogP contribution in [-0.2, 0) is 23.0 Å². The second kappa shape index (κ2) is 6.54. The predicted octanol–water partition coefficient (Wildman–Crippen LogP) is -0.119. The molecule has 1 fully saturated rings. The molecule has 23 heavy (non-hydrogen) atoms. The average molecular weight is 338 g/mol. The molecule has 0 bridgehead atoms. The highest BCUT2D eigenvalue weighted by molar-refractivity contribution is 7.88. The number of aromatic nitrogens is 1. The van der Waals surface area contributed by atoms with Crippen molar-refractivity contribution < 1.29 is 13.2 Å². The summed E-state index contributed by atoms with van der Waals surface area (Å²) in [5.74, 6) is -0.103. The van der Waals surface area contributed by atoms with Gasteiger partial charge in [-0.1, -0.05) is 0 Å². The number of nitrogens with zero attached hydrogens (tertiary/aromatic N) is 2. The summed E-state index contributed by atoms with van der Waals surface area (Å²) < 4.78 is 24.8. The van der Waals surface area contributed by atoms with Crippen LogP contribution in [0, 0.1) is 0 Å². The number of fused-ring (bicyclic) bond motifs is 1. The zero-order chi connectivity index (χ0) is 16.4. The van der Waals surface area contributed by atoms with Gasteiger partial charge in [-0.05, 0) is 43.5 Å². The van der Waals surface area contributed by atoms with Crippen LogP contribution < -0.4 is 10.6 Å². The molecule has 1 amide bonds. The van der Waals surface area contributed by atoms with Crippen molar-refractivity contribution in [3.05, 3.63) is 29.1 Å². The van der Waals surface area contributed by atoms with Gasteiger partial charge in [-0.2, -0.15) is 4.31 Å².